The van der Waals surface area contributed by atoms with E-state index in [1.165, 1.54) is 0 Å². The van der Waals surface area contributed by atoms with Crippen molar-refractivity contribution in [2.24, 2.45) is 5.73 Å². The predicted molar refractivity (Wildman–Crippen MR) is 72.5 cm³/mol. The van der Waals surface area contributed by atoms with Crippen LogP contribution in [0.5, 0.6) is 5.75 Å². The molecule has 0 saturated heterocycles. The molecule has 0 saturated carbocycles. The van der Waals surface area contributed by atoms with Crippen molar-refractivity contribution >= 4 is 5.91 Å². The number of hydrogen-bond acceptors (Lipinski definition) is 4. The maximum atomic E-state index is 11.4. The Morgan fingerprint density at radius 3 is 2.89 bits per heavy atom. The Kier molecular flexibility index (Phi) is 5.83. The lowest BCUT2D eigenvalue weighted by atomic mass is 10.1. The first-order valence-corrected chi connectivity index (χ1v) is 6.17. The molecule has 1 unspecified atom stereocenters. The number of hydrogen-bond donors (Lipinski definition) is 2. The summed E-state index contributed by atoms with van der Waals surface area (Å²) in [5.41, 5.74) is 7.77. The minimum Gasteiger partial charge on any atom is -0.484 e. The molecule has 0 aliphatic rings. The van der Waals surface area contributed by atoms with Crippen LogP contribution in [0, 0.1) is 18.3 Å². The van der Waals surface area contributed by atoms with E-state index in [0.717, 1.165) is 11.1 Å². The number of benzene rings is 1. The molecular formula is C14H19N3O2. The van der Waals surface area contributed by atoms with Crippen LogP contribution >= 0.6 is 0 Å². The summed E-state index contributed by atoms with van der Waals surface area (Å²) < 4.78 is 5.43. The molecule has 0 aromatic heterocycles. The van der Waals surface area contributed by atoms with Crippen molar-refractivity contribution in [3.8, 4) is 11.8 Å². The molecule has 5 heteroatoms. The molecule has 1 aromatic carbocycles. The molecule has 5 nitrogen and oxygen atoms in total. The molecule has 1 aromatic rings. The van der Waals surface area contributed by atoms with Gasteiger partial charge in [-0.1, -0.05) is 12.1 Å². The highest BCUT2D eigenvalue weighted by molar-refractivity contribution is 5.77. The van der Waals surface area contributed by atoms with Crippen molar-refractivity contribution in [3.63, 3.8) is 0 Å². The average molecular weight is 261 g/mol. The lowest BCUT2D eigenvalue weighted by molar-refractivity contribution is -0.123. The second kappa shape index (κ2) is 7.39. The largest absolute Gasteiger partial charge is 0.484 e. The number of aryl methyl sites for hydroxylation is 1. The van der Waals surface area contributed by atoms with Crippen LogP contribution in [-0.2, 0) is 4.79 Å². The fraction of sp³-hybridized carbons (Fsp3) is 0.429. The normalized spacial score (nSPS) is 11.5. The Morgan fingerprint density at radius 2 is 2.32 bits per heavy atom. The van der Waals surface area contributed by atoms with Crippen LogP contribution < -0.4 is 15.8 Å². The third-order valence-electron chi connectivity index (χ3n) is 2.64. The predicted octanol–water partition coefficient (Wildman–Crippen LogP) is 1.42. The molecule has 1 rings (SSSR count). The Bertz CT molecular complexity index is 478. The number of rotatable bonds is 6. The lowest BCUT2D eigenvalue weighted by Gasteiger charge is -2.12. The van der Waals surface area contributed by atoms with Crippen molar-refractivity contribution in [3.05, 3.63) is 29.3 Å². The highest BCUT2D eigenvalue weighted by Gasteiger charge is 2.06. The number of nitrogens with zero attached hydrogens (tertiary/aromatic N) is 1. The fourth-order valence-electron chi connectivity index (χ4n) is 1.57. The standard InChI is InChI=1S/C14H19N3O2/c1-10-8-12(11(2)16)4-5-13(10)19-9-14(18)17-7-3-6-15/h4-5,8,11H,3,7,9,16H2,1-2H3,(H,17,18). The van der Waals surface area contributed by atoms with Crippen LogP contribution in [0.2, 0.25) is 0 Å². The van der Waals surface area contributed by atoms with E-state index in [-0.39, 0.29) is 18.6 Å². The monoisotopic (exact) mass is 261 g/mol. The molecule has 1 atom stereocenters. The number of nitrogens with one attached hydrogen (secondary N) is 1. The van der Waals surface area contributed by atoms with Crippen LogP contribution in [0.15, 0.2) is 18.2 Å². The maximum absolute atomic E-state index is 11.4. The first-order valence-electron chi connectivity index (χ1n) is 6.17. The maximum Gasteiger partial charge on any atom is 0.257 e. The van der Waals surface area contributed by atoms with Crippen LogP contribution in [0.1, 0.15) is 30.5 Å². The first-order chi connectivity index (χ1) is 9.04. The number of carbonyl (C=O) groups excluding carboxylic acids is 1. The summed E-state index contributed by atoms with van der Waals surface area (Å²) in [4.78, 5) is 11.4. The third kappa shape index (κ3) is 4.98. The summed E-state index contributed by atoms with van der Waals surface area (Å²) in [6.45, 7) is 4.12. The van der Waals surface area contributed by atoms with E-state index >= 15 is 0 Å². The molecule has 0 heterocycles. The van der Waals surface area contributed by atoms with E-state index < -0.39 is 0 Å². The molecule has 0 fully saturated rings. The summed E-state index contributed by atoms with van der Waals surface area (Å²) >= 11 is 0. The summed E-state index contributed by atoms with van der Waals surface area (Å²) in [5.74, 6) is 0.436. The van der Waals surface area contributed by atoms with Crippen molar-refractivity contribution in [2.75, 3.05) is 13.2 Å². The van der Waals surface area contributed by atoms with E-state index in [1.807, 2.05) is 38.1 Å². The molecular weight excluding hydrogens is 242 g/mol. The number of nitrogens with two attached hydrogens (primary N) is 1. The molecule has 3 N–H and O–H groups in total. The van der Waals surface area contributed by atoms with E-state index in [0.29, 0.717) is 18.7 Å². The number of nitriles is 1. The Balaban J connectivity index is 2.50. The molecule has 0 radical (unpaired) electrons. The van der Waals surface area contributed by atoms with Crippen molar-refractivity contribution in [1.82, 2.24) is 5.32 Å². The summed E-state index contributed by atoms with van der Waals surface area (Å²) in [7, 11) is 0. The number of carbonyl (C=O) groups is 1. The van der Waals surface area contributed by atoms with Gasteiger partial charge in [-0.2, -0.15) is 5.26 Å². The van der Waals surface area contributed by atoms with Gasteiger partial charge in [0.2, 0.25) is 0 Å². The van der Waals surface area contributed by atoms with Gasteiger partial charge in [-0.05, 0) is 31.0 Å². The van der Waals surface area contributed by atoms with Crippen LogP contribution in [0.25, 0.3) is 0 Å². The van der Waals surface area contributed by atoms with Crippen molar-refractivity contribution in [1.29, 1.82) is 5.26 Å². The number of ether oxygens (including phenoxy) is 1. The SMILES string of the molecule is Cc1cc(C(C)N)ccc1OCC(=O)NCCC#N. The van der Waals surface area contributed by atoms with Gasteiger partial charge < -0.3 is 15.8 Å². The first kappa shape index (κ1) is 15.0. The summed E-state index contributed by atoms with van der Waals surface area (Å²) in [5, 5.41) is 10.9. The zero-order valence-corrected chi connectivity index (χ0v) is 11.3. The zero-order chi connectivity index (χ0) is 14.3. The van der Waals surface area contributed by atoms with Gasteiger partial charge in [0.15, 0.2) is 6.61 Å². The van der Waals surface area contributed by atoms with Gasteiger partial charge in [-0.15, -0.1) is 0 Å². The highest BCUT2D eigenvalue weighted by Crippen LogP contribution is 2.21. The van der Waals surface area contributed by atoms with Crippen LogP contribution in [-0.4, -0.2) is 19.1 Å². The molecule has 0 aliphatic carbocycles. The third-order valence-corrected chi connectivity index (χ3v) is 2.64. The second-order valence-corrected chi connectivity index (χ2v) is 4.36. The van der Waals surface area contributed by atoms with Crippen LogP contribution in [0.3, 0.4) is 0 Å². The van der Waals surface area contributed by atoms with Gasteiger partial charge in [-0.25, -0.2) is 0 Å². The quantitative estimate of drug-likeness (QED) is 0.758. The average Bonchev–Trinajstić information content (AvgIpc) is 2.37. The molecule has 0 aliphatic heterocycles. The highest BCUT2D eigenvalue weighted by atomic mass is 16.5. The smallest absolute Gasteiger partial charge is 0.257 e. The zero-order valence-electron chi connectivity index (χ0n) is 11.3. The van der Waals surface area contributed by atoms with Crippen LogP contribution in [0.4, 0.5) is 0 Å². The van der Waals surface area contributed by atoms with Crippen molar-refractivity contribution in [2.45, 2.75) is 26.3 Å². The van der Waals surface area contributed by atoms with E-state index in [2.05, 4.69) is 5.32 Å². The molecule has 19 heavy (non-hydrogen) atoms. The van der Waals surface area contributed by atoms with Crippen molar-refractivity contribution < 1.29 is 9.53 Å². The molecule has 0 bridgehead atoms. The Morgan fingerprint density at radius 1 is 1.58 bits per heavy atom. The van der Waals surface area contributed by atoms with E-state index in [4.69, 9.17) is 15.7 Å². The van der Waals surface area contributed by atoms with Gasteiger partial charge in [0.25, 0.3) is 5.91 Å². The van der Waals surface area contributed by atoms with E-state index in [1.54, 1.807) is 0 Å². The summed E-state index contributed by atoms with van der Waals surface area (Å²) in [6.07, 6.45) is 0.299. The van der Waals surface area contributed by atoms with Gasteiger partial charge in [0, 0.05) is 12.6 Å². The second-order valence-electron chi connectivity index (χ2n) is 4.36. The fourth-order valence-corrected chi connectivity index (χ4v) is 1.57. The van der Waals surface area contributed by atoms with E-state index in [9.17, 15) is 4.79 Å². The summed E-state index contributed by atoms with van der Waals surface area (Å²) in [6, 6.07) is 7.59. The Hall–Kier alpha value is -2.06. The van der Waals surface area contributed by atoms with Gasteiger partial charge in [-0.3, -0.25) is 4.79 Å². The topological polar surface area (TPSA) is 88.1 Å². The Labute approximate surface area is 113 Å². The van der Waals surface area contributed by atoms with Gasteiger partial charge >= 0.3 is 0 Å². The minimum atomic E-state index is -0.231. The minimum absolute atomic E-state index is 0.0259. The number of amides is 1. The van der Waals surface area contributed by atoms with Gasteiger partial charge in [0.05, 0.1) is 12.5 Å². The molecule has 1 amide bonds. The van der Waals surface area contributed by atoms with Gasteiger partial charge in [0.1, 0.15) is 5.75 Å². The lowest BCUT2D eigenvalue weighted by Crippen LogP contribution is -2.29. The molecule has 102 valence electrons. The molecule has 0 spiro atoms.